The van der Waals surface area contributed by atoms with Gasteiger partial charge in [0.2, 0.25) is 12.3 Å². The SMILES string of the molecule is Cc1ncsc1-c1ccc(CNC=O)c(OCCOCC(=O)NCc2ccc(C(=N)c3cc(O[C@H](C)c4c(Cl)cncc4Cl)ccc3NPI)cc2)c1. The second kappa shape index (κ2) is 20.0. The molecule has 0 aliphatic rings. The van der Waals surface area contributed by atoms with Crippen LogP contribution in [-0.4, -0.2) is 47.8 Å². The topological polar surface area (TPSA) is 148 Å². The Balaban J connectivity index is 1.12. The van der Waals surface area contributed by atoms with Crippen molar-refractivity contribution in [2.75, 3.05) is 24.9 Å². The van der Waals surface area contributed by atoms with Crippen molar-refractivity contribution in [1.82, 2.24) is 20.6 Å². The molecule has 1 unspecified atom stereocenters. The molecule has 16 heteroatoms. The van der Waals surface area contributed by atoms with E-state index in [1.54, 1.807) is 16.8 Å². The predicted octanol–water partition coefficient (Wildman–Crippen LogP) is 8.69. The van der Waals surface area contributed by atoms with Crippen LogP contribution in [0.4, 0.5) is 5.69 Å². The van der Waals surface area contributed by atoms with Crippen LogP contribution < -0.4 is 25.2 Å². The van der Waals surface area contributed by atoms with Crippen molar-refractivity contribution in [2.45, 2.75) is 33.0 Å². The molecule has 0 saturated heterocycles. The van der Waals surface area contributed by atoms with E-state index in [0.29, 0.717) is 69.8 Å². The predicted molar refractivity (Wildman–Crippen MR) is 221 cm³/mol. The van der Waals surface area contributed by atoms with Gasteiger partial charge in [-0.1, -0.05) is 59.6 Å². The molecule has 0 spiro atoms. The van der Waals surface area contributed by atoms with Gasteiger partial charge < -0.3 is 29.9 Å². The number of pyridine rings is 1. The van der Waals surface area contributed by atoms with Gasteiger partial charge in [0.15, 0.2) is 0 Å². The minimum Gasteiger partial charge on any atom is -0.491 e. The van der Waals surface area contributed by atoms with E-state index in [0.717, 1.165) is 32.9 Å². The zero-order valence-electron chi connectivity index (χ0n) is 28.7. The van der Waals surface area contributed by atoms with Crippen molar-refractivity contribution in [3.63, 3.8) is 0 Å². The molecule has 2 aromatic heterocycles. The zero-order chi connectivity index (χ0) is 37.7. The van der Waals surface area contributed by atoms with Crippen molar-refractivity contribution in [3.8, 4) is 21.9 Å². The maximum absolute atomic E-state index is 12.5. The van der Waals surface area contributed by atoms with Crippen LogP contribution in [0.25, 0.3) is 10.4 Å². The normalized spacial score (nSPS) is 11.6. The Hall–Kier alpha value is -3.85. The first kappa shape index (κ1) is 40.3. The van der Waals surface area contributed by atoms with E-state index in [2.05, 4.69) is 47.7 Å². The van der Waals surface area contributed by atoms with Gasteiger partial charge in [-0.15, -0.1) is 11.3 Å². The monoisotopic (exact) mass is 904 g/mol. The molecule has 0 aliphatic carbocycles. The molecule has 0 fully saturated rings. The number of hydrogen-bond donors (Lipinski definition) is 4. The summed E-state index contributed by atoms with van der Waals surface area (Å²) < 4.78 is 17.8. The lowest BCUT2D eigenvalue weighted by Crippen LogP contribution is -2.28. The third kappa shape index (κ3) is 11.1. The fourth-order valence-corrected chi connectivity index (χ4v) is 7.98. The average molecular weight is 906 g/mol. The number of halogens is 3. The number of amides is 2. The quantitative estimate of drug-likeness (QED) is 0.0212. The number of ether oxygens (including phenoxy) is 3. The maximum atomic E-state index is 12.5. The van der Waals surface area contributed by atoms with Crippen molar-refractivity contribution in [3.05, 3.63) is 122 Å². The molecule has 11 nitrogen and oxygen atoms in total. The highest BCUT2D eigenvalue weighted by molar-refractivity contribution is 14.2. The lowest BCUT2D eigenvalue weighted by Gasteiger charge is -2.19. The van der Waals surface area contributed by atoms with Crippen molar-refractivity contribution < 1.29 is 23.8 Å². The Kier molecular flexibility index (Phi) is 15.2. The number of nitrogens with zero attached hydrogens (tertiary/aromatic N) is 2. The summed E-state index contributed by atoms with van der Waals surface area (Å²) in [5.41, 5.74) is 8.52. The summed E-state index contributed by atoms with van der Waals surface area (Å²) in [7, 11) is 0. The molecule has 0 bridgehead atoms. The van der Waals surface area contributed by atoms with Crippen LogP contribution in [0.2, 0.25) is 10.0 Å². The summed E-state index contributed by atoms with van der Waals surface area (Å²) in [4.78, 5) is 32.8. The number of carbonyl (C=O) groups excluding carboxylic acids is 2. The summed E-state index contributed by atoms with van der Waals surface area (Å²) >= 11 is 16.5. The van der Waals surface area contributed by atoms with E-state index in [9.17, 15) is 9.59 Å². The summed E-state index contributed by atoms with van der Waals surface area (Å²) in [5.74, 6) is 0.917. The standard InChI is InChI=1S/C37H36Cl2IN6O5PS/c1-22-37(53-21-45-22)26-7-8-27(16-43-20-47)33(13-26)50-12-11-49-19-34(48)44-15-24-3-5-25(6-4-24)36(41)29-14-28(9-10-32(29)46-52-40)51-23(2)35-30(38)17-42-18-31(35)39/h3-10,13-14,17-18,20-21,23,41,46,52H,11-12,15-16,19H2,1-2H3,(H,43,47)(H,44,48)/t23-/m1/s1. The summed E-state index contributed by atoms with van der Waals surface area (Å²) in [6.07, 6.45) is 3.64. The van der Waals surface area contributed by atoms with Crippen LogP contribution in [0.5, 0.6) is 11.5 Å². The number of anilines is 1. The van der Waals surface area contributed by atoms with Gasteiger partial charge in [-0.2, -0.15) is 0 Å². The fourth-order valence-electron chi connectivity index (χ4n) is 5.31. The molecule has 4 N–H and O–H groups in total. The number of nitrogens with one attached hydrogen (secondary N) is 4. The van der Waals surface area contributed by atoms with Crippen LogP contribution in [0.15, 0.2) is 78.6 Å². The Bertz CT molecular complexity index is 2030. The second-order valence-electron chi connectivity index (χ2n) is 11.5. The van der Waals surface area contributed by atoms with E-state index >= 15 is 0 Å². The van der Waals surface area contributed by atoms with Crippen molar-refractivity contribution in [1.29, 1.82) is 5.41 Å². The Morgan fingerprint density at radius 1 is 1.06 bits per heavy atom. The van der Waals surface area contributed by atoms with Gasteiger partial charge in [0.05, 0.1) is 38.4 Å². The average Bonchev–Trinajstić information content (AvgIpc) is 3.59. The van der Waals surface area contributed by atoms with Gasteiger partial charge in [0.25, 0.3) is 0 Å². The molecule has 3 aromatic carbocycles. The molecular formula is C37H36Cl2IN6O5PS. The van der Waals surface area contributed by atoms with E-state index < -0.39 is 6.10 Å². The maximum Gasteiger partial charge on any atom is 0.246 e. The summed E-state index contributed by atoms with van der Waals surface area (Å²) in [6, 6.07) is 18.8. The molecule has 53 heavy (non-hydrogen) atoms. The molecule has 5 rings (SSSR count). The van der Waals surface area contributed by atoms with E-state index in [1.807, 2.05) is 74.5 Å². The number of benzene rings is 3. The molecule has 0 aliphatic heterocycles. The molecule has 2 atom stereocenters. The van der Waals surface area contributed by atoms with E-state index in [4.69, 9.17) is 42.8 Å². The fraction of sp³-hybridized carbons (Fsp3) is 0.216. The third-order valence-corrected chi connectivity index (χ3v) is 10.7. The molecular weight excluding hydrogens is 869 g/mol. The number of aromatic nitrogens is 2. The first-order valence-corrected chi connectivity index (χ1v) is 22.0. The van der Waals surface area contributed by atoms with Gasteiger partial charge in [0, 0.05) is 59.8 Å². The van der Waals surface area contributed by atoms with Gasteiger partial charge in [-0.3, -0.25) is 20.0 Å². The first-order valence-electron chi connectivity index (χ1n) is 16.3. The lowest BCUT2D eigenvalue weighted by molar-refractivity contribution is -0.126. The van der Waals surface area contributed by atoms with Crippen LogP contribution in [0, 0.1) is 12.3 Å². The van der Waals surface area contributed by atoms with Crippen molar-refractivity contribution >= 4 is 86.7 Å². The van der Waals surface area contributed by atoms with Gasteiger partial charge >= 0.3 is 0 Å². The van der Waals surface area contributed by atoms with Gasteiger partial charge in [-0.25, -0.2) is 4.98 Å². The van der Waals surface area contributed by atoms with Crippen LogP contribution >= 0.6 is 63.0 Å². The lowest BCUT2D eigenvalue weighted by atomic mass is 9.99. The molecule has 2 amide bonds. The Morgan fingerprint density at radius 3 is 2.53 bits per heavy atom. The highest BCUT2D eigenvalue weighted by Gasteiger charge is 2.18. The highest BCUT2D eigenvalue weighted by Crippen LogP contribution is 2.36. The van der Waals surface area contributed by atoms with Gasteiger partial charge in [0.1, 0.15) is 30.8 Å². The minimum atomic E-state index is -0.452. The van der Waals surface area contributed by atoms with Crippen LogP contribution in [0.1, 0.15) is 46.5 Å². The Labute approximate surface area is 336 Å². The van der Waals surface area contributed by atoms with Gasteiger partial charge in [-0.05, 0) is 71.3 Å². The smallest absolute Gasteiger partial charge is 0.246 e. The molecule has 0 saturated carbocycles. The zero-order valence-corrected chi connectivity index (χ0v) is 34.2. The molecule has 276 valence electrons. The van der Waals surface area contributed by atoms with Crippen LogP contribution in [0.3, 0.4) is 0 Å². The number of aryl methyl sites for hydroxylation is 1. The minimum absolute atomic E-state index is 0.129. The number of rotatable bonds is 19. The van der Waals surface area contributed by atoms with E-state index in [1.165, 1.54) is 12.4 Å². The summed E-state index contributed by atoms with van der Waals surface area (Å²) in [6.45, 7) is 4.71. The number of hydrogen-bond acceptors (Lipinski definition) is 10. The molecule has 5 aromatic rings. The second-order valence-corrected chi connectivity index (χ2v) is 15.3. The largest absolute Gasteiger partial charge is 0.491 e. The number of carbonyl (C=O) groups is 2. The molecule has 2 heterocycles. The summed E-state index contributed by atoms with van der Waals surface area (Å²) in [5, 5.41) is 18.7. The first-order chi connectivity index (χ1) is 25.7. The van der Waals surface area contributed by atoms with Crippen LogP contribution in [-0.2, 0) is 27.4 Å². The highest BCUT2D eigenvalue weighted by atomic mass is 127. The van der Waals surface area contributed by atoms with E-state index in [-0.39, 0.29) is 25.7 Å². The number of thiazole rings is 1. The third-order valence-electron chi connectivity index (χ3n) is 7.95. The molecule has 0 radical (unpaired) electrons. The Morgan fingerprint density at radius 2 is 1.83 bits per heavy atom. The van der Waals surface area contributed by atoms with Crippen molar-refractivity contribution in [2.24, 2.45) is 0 Å².